The molecule has 3 nitrogen and oxygen atoms in total. The summed E-state index contributed by atoms with van der Waals surface area (Å²) in [5.41, 5.74) is 0.831. The molecule has 0 bridgehead atoms. The molecular formula is C12H15BrN2OS. The summed E-state index contributed by atoms with van der Waals surface area (Å²) < 4.78 is 2.68. The number of aliphatic hydroxyl groups excluding tert-OH is 1. The maximum Gasteiger partial charge on any atom is 0.131 e. The van der Waals surface area contributed by atoms with E-state index in [1.54, 1.807) is 17.5 Å². The van der Waals surface area contributed by atoms with E-state index in [0.29, 0.717) is 0 Å². The summed E-state index contributed by atoms with van der Waals surface area (Å²) in [5, 5.41) is 14.6. The summed E-state index contributed by atoms with van der Waals surface area (Å²) in [4.78, 5) is 2.26. The van der Waals surface area contributed by atoms with Gasteiger partial charge in [-0.3, -0.25) is 4.68 Å². The fourth-order valence-electron chi connectivity index (χ4n) is 1.76. The van der Waals surface area contributed by atoms with Gasteiger partial charge in [0.2, 0.25) is 0 Å². The van der Waals surface area contributed by atoms with Crippen LogP contribution < -0.4 is 0 Å². The normalized spacial score (nSPS) is 12.9. The van der Waals surface area contributed by atoms with Gasteiger partial charge in [-0.15, -0.1) is 11.3 Å². The molecule has 1 unspecified atom stereocenters. The fraction of sp³-hybridized carbons (Fsp3) is 0.417. The van der Waals surface area contributed by atoms with Gasteiger partial charge in [-0.25, -0.2) is 0 Å². The summed E-state index contributed by atoms with van der Waals surface area (Å²) in [5.74, 6) is 0. The number of aliphatic hydroxyl groups is 1. The van der Waals surface area contributed by atoms with Crippen LogP contribution in [0.5, 0.6) is 0 Å². The number of rotatable bonds is 4. The van der Waals surface area contributed by atoms with Crippen molar-refractivity contribution in [1.29, 1.82) is 0 Å². The highest BCUT2D eigenvalue weighted by Crippen LogP contribution is 2.32. The molecule has 0 saturated heterocycles. The molecule has 2 rings (SSSR count). The van der Waals surface area contributed by atoms with Gasteiger partial charge in [0.1, 0.15) is 6.10 Å². The highest BCUT2D eigenvalue weighted by atomic mass is 79.9. The van der Waals surface area contributed by atoms with E-state index in [1.165, 1.54) is 4.88 Å². The van der Waals surface area contributed by atoms with E-state index in [9.17, 15) is 5.11 Å². The first-order chi connectivity index (χ1) is 8.17. The van der Waals surface area contributed by atoms with Crippen LogP contribution in [-0.2, 0) is 13.0 Å². The molecule has 92 valence electrons. The third-order valence-corrected chi connectivity index (χ3v) is 4.59. The number of hydrogen-bond acceptors (Lipinski definition) is 3. The van der Waals surface area contributed by atoms with Crippen LogP contribution in [0, 0.1) is 0 Å². The topological polar surface area (TPSA) is 38.1 Å². The summed E-state index contributed by atoms with van der Waals surface area (Å²) >= 11 is 5.10. The van der Waals surface area contributed by atoms with Crippen LogP contribution >= 0.6 is 27.3 Å². The van der Waals surface area contributed by atoms with Gasteiger partial charge in [0.05, 0.1) is 16.4 Å². The predicted octanol–water partition coefficient (Wildman–Crippen LogP) is 3.37. The van der Waals surface area contributed by atoms with E-state index in [2.05, 4.69) is 34.0 Å². The van der Waals surface area contributed by atoms with Crippen LogP contribution in [-0.4, -0.2) is 14.9 Å². The average Bonchev–Trinajstić information content (AvgIpc) is 2.94. The Bertz CT molecular complexity index is 506. The minimum Gasteiger partial charge on any atom is -0.381 e. The Morgan fingerprint density at radius 3 is 2.82 bits per heavy atom. The number of nitrogens with zero attached hydrogens (tertiary/aromatic N) is 2. The van der Waals surface area contributed by atoms with Crippen LogP contribution in [0.15, 0.2) is 22.8 Å². The van der Waals surface area contributed by atoms with Crippen molar-refractivity contribution < 1.29 is 5.11 Å². The Labute approximate surface area is 113 Å². The average molecular weight is 315 g/mol. The molecule has 2 aromatic heterocycles. The lowest BCUT2D eigenvalue weighted by Gasteiger charge is -2.11. The molecule has 17 heavy (non-hydrogen) atoms. The van der Waals surface area contributed by atoms with Crippen LogP contribution in [0.2, 0.25) is 0 Å². The highest BCUT2D eigenvalue weighted by molar-refractivity contribution is 9.10. The van der Waals surface area contributed by atoms with Crippen LogP contribution in [0.3, 0.4) is 0 Å². The number of hydrogen-bond donors (Lipinski definition) is 1. The Hall–Kier alpha value is -0.650. The second-order valence-electron chi connectivity index (χ2n) is 3.75. The molecule has 1 N–H and O–H groups in total. The van der Waals surface area contributed by atoms with Crippen LogP contribution in [0.25, 0.3) is 0 Å². The minimum absolute atomic E-state index is 0.600. The van der Waals surface area contributed by atoms with Gasteiger partial charge in [0.25, 0.3) is 0 Å². The van der Waals surface area contributed by atoms with E-state index in [4.69, 9.17) is 0 Å². The molecule has 0 aliphatic heterocycles. The van der Waals surface area contributed by atoms with Crippen molar-refractivity contribution in [2.24, 2.45) is 0 Å². The summed E-state index contributed by atoms with van der Waals surface area (Å²) in [6.45, 7) is 4.89. The molecule has 0 aliphatic rings. The van der Waals surface area contributed by atoms with Crippen molar-refractivity contribution in [1.82, 2.24) is 9.78 Å². The lowest BCUT2D eigenvalue weighted by molar-refractivity contribution is 0.211. The van der Waals surface area contributed by atoms with Gasteiger partial charge >= 0.3 is 0 Å². The maximum absolute atomic E-state index is 10.4. The quantitative estimate of drug-likeness (QED) is 0.939. The van der Waals surface area contributed by atoms with Crippen LogP contribution in [0.1, 0.15) is 35.4 Å². The van der Waals surface area contributed by atoms with Crippen molar-refractivity contribution in [3.63, 3.8) is 0 Å². The predicted molar refractivity (Wildman–Crippen MR) is 73.4 cm³/mol. The molecule has 0 aromatic carbocycles. The van der Waals surface area contributed by atoms with Gasteiger partial charge in [0, 0.05) is 16.3 Å². The molecule has 2 heterocycles. The van der Waals surface area contributed by atoms with E-state index < -0.39 is 6.10 Å². The van der Waals surface area contributed by atoms with Crippen molar-refractivity contribution in [2.45, 2.75) is 32.9 Å². The van der Waals surface area contributed by atoms with Gasteiger partial charge in [-0.1, -0.05) is 6.92 Å². The zero-order chi connectivity index (χ0) is 12.4. The maximum atomic E-state index is 10.4. The Morgan fingerprint density at radius 2 is 2.24 bits per heavy atom. The van der Waals surface area contributed by atoms with Crippen molar-refractivity contribution >= 4 is 27.3 Å². The first-order valence-corrected chi connectivity index (χ1v) is 7.26. The third kappa shape index (κ3) is 2.46. The molecule has 0 amide bonds. The molecule has 1 atom stereocenters. The van der Waals surface area contributed by atoms with Crippen molar-refractivity contribution in [2.75, 3.05) is 0 Å². The Balaban J connectivity index is 2.35. The molecule has 0 fully saturated rings. The number of aromatic nitrogens is 2. The monoisotopic (exact) mass is 314 g/mol. The van der Waals surface area contributed by atoms with E-state index in [1.807, 2.05) is 17.7 Å². The largest absolute Gasteiger partial charge is 0.381 e. The van der Waals surface area contributed by atoms with Gasteiger partial charge in [-0.2, -0.15) is 5.10 Å². The SMILES string of the molecule is CCc1ccc(C(O)c2c(Br)cnn2CC)s1. The Morgan fingerprint density at radius 1 is 1.47 bits per heavy atom. The second-order valence-corrected chi connectivity index (χ2v) is 5.81. The molecule has 2 aromatic rings. The minimum atomic E-state index is -0.600. The Kier molecular flexibility index (Phi) is 4.01. The molecule has 0 radical (unpaired) electrons. The van der Waals surface area contributed by atoms with E-state index in [-0.39, 0.29) is 0 Å². The zero-order valence-corrected chi connectivity index (χ0v) is 12.3. The third-order valence-electron chi connectivity index (χ3n) is 2.69. The van der Waals surface area contributed by atoms with Gasteiger partial charge in [-0.05, 0) is 41.4 Å². The molecule has 0 spiro atoms. The van der Waals surface area contributed by atoms with Crippen LogP contribution in [0.4, 0.5) is 0 Å². The van der Waals surface area contributed by atoms with Gasteiger partial charge in [0.15, 0.2) is 0 Å². The lowest BCUT2D eigenvalue weighted by Crippen LogP contribution is -2.08. The fourth-order valence-corrected chi connectivity index (χ4v) is 3.22. The lowest BCUT2D eigenvalue weighted by atomic mass is 10.2. The standard InChI is InChI=1S/C12H15BrN2OS/c1-3-8-5-6-10(17-8)12(16)11-9(13)7-14-15(11)4-2/h5-7,12,16H,3-4H2,1-2H3. The molecule has 5 heteroatoms. The zero-order valence-electron chi connectivity index (χ0n) is 9.85. The number of thiophene rings is 1. The summed E-state index contributed by atoms with van der Waals surface area (Å²) in [7, 11) is 0. The number of aryl methyl sites for hydroxylation is 2. The van der Waals surface area contributed by atoms with Crippen molar-refractivity contribution in [3.05, 3.63) is 38.3 Å². The molecule has 0 aliphatic carbocycles. The van der Waals surface area contributed by atoms with E-state index in [0.717, 1.165) is 28.0 Å². The van der Waals surface area contributed by atoms with Gasteiger partial charge < -0.3 is 5.11 Å². The summed E-state index contributed by atoms with van der Waals surface area (Å²) in [6.07, 6.45) is 2.14. The smallest absolute Gasteiger partial charge is 0.131 e. The van der Waals surface area contributed by atoms with E-state index >= 15 is 0 Å². The molecule has 0 saturated carbocycles. The first-order valence-electron chi connectivity index (χ1n) is 5.65. The highest BCUT2D eigenvalue weighted by Gasteiger charge is 2.20. The first kappa shape index (κ1) is 12.8. The van der Waals surface area contributed by atoms with Crippen molar-refractivity contribution in [3.8, 4) is 0 Å². The summed E-state index contributed by atoms with van der Waals surface area (Å²) in [6, 6.07) is 4.07. The molecular weight excluding hydrogens is 300 g/mol. The second kappa shape index (κ2) is 5.33. The number of halogens is 1.